The van der Waals surface area contributed by atoms with Gasteiger partial charge < -0.3 is 26.4 Å². The van der Waals surface area contributed by atoms with Crippen LogP contribution >= 0.6 is 0 Å². The lowest BCUT2D eigenvalue weighted by Crippen LogP contribution is -2.30. The summed E-state index contributed by atoms with van der Waals surface area (Å²) in [6, 6.07) is 11.0. The Morgan fingerprint density at radius 3 is 2.47 bits per heavy atom. The van der Waals surface area contributed by atoms with Crippen molar-refractivity contribution >= 4 is 34.2 Å². The van der Waals surface area contributed by atoms with Crippen LogP contribution in [0, 0.1) is 0 Å². The summed E-state index contributed by atoms with van der Waals surface area (Å²) in [5.41, 5.74) is 12.3. The Labute approximate surface area is 203 Å². The molecule has 0 radical (unpaired) electrons. The van der Waals surface area contributed by atoms with E-state index in [1.165, 1.54) is 18.0 Å². The smallest absolute Gasteiger partial charge is 0.404 e. The number of benzene rings is 3. The number of nitrogens with two attached hydrogens (primary N) is 2. The van der Waals surface area contributed by atoms with Gasteiger partial charge in [-0.15, -0.1) is 13.2 Å². The number of rotatable bonds is 6. The summed E-state index contributed by atoms with van der Waals surface area (Å²) in [7, 11) is 1.33. The van der Waals surface area contributed by atoms with Gasteiger partial charge in [0.1, 0.15) is 0 Å². The zero-order valence-corrected chi connectivity index (χ0v) is 19.0. The molecule has 3 aromatic carbocycles. The van der Waals surface area contributed by atoms with Crippen LogP contribution in [0.1, 0.15) is 26.3 Å². The summed E-state index contributed by atoms with van der Waals surface area (Å²) in [5, 5.41) is 3.82. The molecule has 8 nitrogen and oxygen atoms in total. The first-order valence-electron chi connectivity index (χ1n) is 10.6. The van der Waals surface area contributed by atoms with Gasteiger partial charge >= 0.3 is 6.36 Å². The van der Waals surface area contributed by atoms with Crippen LogP contribution in [-0.2, 0) is 11.3 Å². The number of amides is 3. The molecule has 4 rings (SSSR count). The van der Waals surface area contributed by atoms with E-state index in [1.807, 2.05) is 0 Å². The maximum Gasteiger partial charge on any atom is 0.573 e. The average Bonchev–Trinajstić information content (AvgIpc) is 3.14. The van der Waals surface area contributed by atoms with Crippen molar-refractivity contribution in [1.29, 1.82) is 0 Å². The van der Waals surface area contributed by atoms with Gasteiger partial charge in [0.15, 0.2) is 5.75 Å². The Morgan fingerprint density at radius 1 is 1.14 bits per heavy atom. The lowest BCUT2D eigenvalue weighted by Gasteiger charge is -2.16. The predicted molar refractivity (Wildman–Crippen MR) is 127 cm³/mol. The van der Waals surface area contributed by atoms with E-state index in [-0.39, 0.29) is 35.7 Å². The van der Waals surface area contributed by atoms with E-state index in [2.05, 4.69) is 16.6 Å². The van der Waals surface area contributed by atoms with E-state index in [0.717, 1.165) is 11.5 Å². The quantitative estimate of drug-likeness (QED) is 0.355. The van der Waals surface area contributed by atoms with Crippen molar-refractivity contribution in [3.63, 3.8) is 0 Å². The SMILES string of the molecule is C=C(CN1Cc2c(ccc3ccc(-c4cc(OC(F)(F)F)c(N)c(C(=O)NC)c4)cc23)C1=O)C(N)=O. The standard InChI is InChI=1S/C25H21F3N4O4/c1-12(22(30)33)10-32-11-19-16(24(32)35)6-5-13-3-4-14(7-17(13)19)15-8-18(23(34)31-2)21(29)20(9-15)36-25(26,27)28/h3-9H,1,10-11,29H2,2H3,(H2,30,33)(H,31,34). The zero-order valence-electron chi connectivity index (χ0n) is 19.0. The number of carbonyl (C=O) groups is 3. The number of hydrogen-bond acceptors (Lipinski definition) is 5. The van der Waals surface area contributed by atoms with E-state index >= 15 is 0 Å². The first-order chi connectivity index (χ1) is 16.9. The Bertz CT molecular complexity index is 1450. The summed E-state index contributed by atoms with van der Waals surface area (Å²) in [6.07, 6.45) is -5.02. The van der Waals surface area contributed by atoms with Crippen molar-refractivity contribution in [3.8, 4) is 16.9 Å². The van der Waals surface area contributed by atoms with Crippen molar-refractivity contribution < 1.29 is 32.3 Å². The third-order valence-corrected chi connectivity index (χ3v) is 5.90. The third kappa shape index (κ3) is 4.54. The van der Waals surface area contributed by atoms with Gasteiger partial charge in [0.2, 0.25) is 5.91 Å². The van der Waals surface area contributed by atoms with Gasteiger partial charge in [-0.25, -0.2) is 0 Å². The zero-order chi connectivity index (χ0) is 26.4. The van der Waals surface area contributed by atoms with E-state index in [9.17, 15) is 27.6 Å². The van der Waals surface area contributed by atoms with Crippen molar-refractivity contribution in [1.82, 2.24) is 10.2 Å². The molecule has 0 saturated carbocycles. The molecule has 0 spiro atoms. The van der Waals surface area contributed by atoms with Gasteiger partial charge in [-0.05, 0) is 51.7 Å². The van der Waals surface area contributed by atoms with Crippen molar-refractivity contribution in [2.45, 2.75) is 12.9 Å². The van der Waals surface area contributed by atoms with Gasteiger partial charge in [-0.3, -0.25) is 14.4 Å². The van der Waals surface area contributed by atoms with Crippen LogP contribution in [0.2, 0.25) is 0 Å². The minimum Gasteiger partial charge on any atom is -0.404 e. The summed E-state index contributed by atoms with van der Waals surface area (Å²) >= 11 is 0. The van der Waals surface area contributed by atoms with Crippen LogP contribution in [0.25, 0.3) is 21.9 Å². The van der Waals surface area contributed by atoms with Crippen molar-refractivity contribution in [3.05, 3.63) is 71.3 Å². The first kappa shape index (κ1) is 24.6. The van der Waals surface area contributed by atoms with Crippen LogP contribution in [0.15, 0.2) is 54.6 Å². The molecule has 0 aliphatic carbocycles. The number of primary amides is 1. The number of anilines is 1. The molecule has 3 aromatic rings. The molecule has 0 bridgehead atoms. The number of nitrogens with zero attached hydrogens (tertiary/aromatic N) is 1. The second kappa shape index (κ2) is 8.91. The Kier molecular flexibility index (Phi) is 6.09. The highest BCUT2D eigenvalue weighted by Gasteiger charge is 2.33. The topological polar surface area (TPSA) is 128 Å². The van der Waals surface area contributed by atoms with E-state index in [1.54, 1.807) is 30.3 Å². The fraction of sp³-hybridized carbons (Fsp3) is 0.160. The summed E-state index contributed by atoms with van der Waals surface area (Å²) < 4.78 is 43.1. The molecule has 0 saturated heterocycles. The number of halogens is 3. The maximum atomic E-state index is 13.0. The number of nitrogen functional groups attached to an aromatic ring is 1. The number of nitrogens with one attached hydrogen (secondary N) is 1. The molecule has 0 unspecified atom stereocenters. The first-order valence-corrected chi connectivity index (χ1v) is 10.6. The Balaban J connectivity index is 1.82. The lowest BCUT2D eigenvalue weighted by atomic mass is 9.95. The highest BCUT2D eigenvalue weighted by molar-refractivity contribution is 6.06. The molecule has 0 aromatic heterocycles. The molecule has 36 heavy (non-hydrogen) atoms. The van der Waals surface area contributed by atoms with Gasteiger partial charge in [0, 0.05) is 24.7 Å². The van der Waals surface area contributed by atoms with Crippen molar-refractivity contribution in [2.24, 2.45) is 5.73 Å². The van der Waals surface area contributed by atoms with E-state index in [4.69, 9.17) is 11.5 Å². The third-order valence-electron chi connectivity index (χ3n) is 5.90. The summed E-state index contributed by atoms with van der Waals surface area (Å²) in [4.78, 5) is 38.0. The molecule has 11 heteroatoms. The second-order valence-electron chi connectivity index (χ2n) is 8.22. The number of carbonyl (C=O) groups excluding carboxylic acids is 3. The normalized spacial score (nSPS) is 13.0. The molecule has 1 aliphatic rings. The molecule has 186 valence electrons. The molecule has 0 fully saturated rings. The molecular weight excluding hydrogens is 477 g/mol. The monoisotopic (exact) mass is 498 g/mol. The van der Waals surface area contributed by atoms with Crippen LogP contribution in [0.3, 0.4) is 0 Å². The van der Waals surface area contributed by atoms with Crippen LogP contribution in [-0.4, -0.2) is 42.6 Å². The highest BCUT2D eigenvalue weighted by atomic mass is 19.4. The molecule has 5 N–H and O–H groups in total. The fourth-order valence-corrected chi connectivity index (χ4v) is 4.13. The molecule has 0 atom stereocenters. The number of fused-ring (bicyclic) bond motifs is 3. The predicted octanol–water partition coefficient (Wildman–Crippen LogP) is 3.34. The van der Waals surface area contributed by atoms with Gasteiger partial charge in [0.05, 0.1) is 17.8 Å². The van der Waals surface area contributed by atoms with Crippen LogP contribution < -0.4 is 21.5 Å². The number of hydrogen-bond donors (Lipinski definition) is 3. The average molecular weight is 498 g/mol. The van der Waals surface area contributed by atoms with Gasteiger partial charge in [-0.1, -0.05) is 24.8 Å². The van der Waals surface area contributed by atoms with Crippen LogP contribution in [0.5, 0.6) is 5.75 Å². The molecule has 3 amide bonds. The fourth-order valence-electron chi connectivity index (χ4n) is 4.13. The molecule has 1 heterocycles. The van der Waals surface area contributed by atoms with Gasteiger partial charge in [-0.2, -0.15) is 0 Å². The Hall–Kier alpha value is -4.54. The maximum absolute atomic E-state index is 13.0. The summed E-state index contributed by atoms with van der Waals surface area (Å²) in [5.74, 6) is -2.39. The number of ether oxygens (including phenoxy) is 1. The number of alkyl halides is 3. The van der Waals surface area contributed by atoms with E-state index < -0.39 is 29.6 Å². The summed E-state index contributed by atoms with van der Waals surface area (Å²) in [6.45, 7) is 3.76. The van der Waals surface area contributed by atoms with Gasteiger partial charge in [0.25, 0.3) is 11.8 Å². The highest BCUT2D eigenvalue weighted by Crippen LogP contribution is 2.38. The minimum absolute atomic E-state index is 0.0321. The largest absolute Gasteiger partial charge is 0.573 e. The molecular formula is C25H21F3N4O4. The van der Waals surface area contributed by atoms with Crippen molar-refractivity contribution in [2.75, 3.05) is 19.3 Å². The lowest BCUT2D eigenvalue weighted by molar-refractivity contribution is -0.274. The molecule has 1 aliphatic heterocycles. The Morgan fingerprint density at radius 2 is 1.83 bits per heavy atom. The van der Waals surface area contributed by atoms with E-state index in [0.29, 0.717) is 22.1 Å². The van der Waals surface area contributed by atoms with Crippen LogP contribution in [0.4, 0.5) is 18.9 Å². The second-order valence-corrected chi connectivity index (χ2v) is 8.22. The minimum atomic E-state index is -5.02.